The highest BCUT2D eigenvalue weighted by molar-refractivity contribution is 5.96. The molecule has 9 nitrogen and oxygen atoms in total. The van der Waals surface area contributed by atoms with Crippen LogP contribution in [0.25, 0.3) is 16.9 Å². The number of hydrogen-bond acceptors (Lipinski definition) is 6. The van der Waals surface area contributed by atoms with Crippen molar-refractivity contribution in [3.8, 4) is 11.4 Å². The number of imidazole rings is 1. The lowest BCUT2D eigenvalue weighted by Gasteiger charge is -2.10. The molecule has 0 radical (unpaired) electrons. The number of aromatic nitrogens is 4. The molecule has 1 aliphatic carbocycles. The van der Waals surface area contributed by atoms with Gasteiger partial charge in [-0.1, -0.05) is 37.1 Å². The number of carbonyl (C=O) groups excluding carboxylic acids is 1. The van der Waals surface area contributed by atoms with E-state index >= 15 is 0 Å². The monoisotopic (exact) mass is 458 g/mol. The van der Waals surface area contributed by atoms with Crippen molar-refractivity contribution in [2.45, 2.75) is 38.3 Å². The number of nitrogen functional groups attached to an aromatic ring is 1. The summed E-state index contributed by atoms with van der Waals surface area (Å²) in [6, 6.07) is 14.6. The molecule has 174 valence electrons. The highest BCUT2D eigenvalue weighted by Crippen LogP contribution is 2.32. The average Bonchev–Trinajstić information content (AvgIpc) is 3.49. The van der Waals surface area contributed by atoms with E-state index in [4.69, 9.17) is 10.5 Å². The molecule has 0 aliphatic heterocycles. The van der Waals surface area contributed by atoms with Gasteiger partial charge in [0.05, 0.1) is 18.4 Å². The van der Waals surface area contributed by atoms with Gasteiger partial charge in [0, 0.05) is 12.6 Å². The lowest BCUT2D eigenvalue weighted by molar-refractivity contribution is 0.0948. The van der Waals surface area contributed by atoms with Crippen molar-refractivity contribution in [1.82, 2.24) is 24.4 Å². The zero-order valence-electron chi connectivity index (χ0n) is 18.9. The van der Waals surface area contributed by atoms with Gasteiger partial charge >= 0.3 is 5.69 Å². The smallest absolute Gasteiger partial charge is 0.335 e. The third-order valence-corrected chi connectivity index (χ3v) is 6.37. The summed E-state index contributed by atoms with van der Waals surface area (Å²) in [5.74, 6) is 0.572. The molecule has 3 N–H and O–H groups in total. The molecule has 0 atom stereocenters. The molecule has 1 saturated carbocycles. The van der Waals surface area contributed by atoms with Gasteiger partial charge in [-0.15, -0.1) is 0 Å². The highest BCUT2D eigenvalue weighted by Gasteiger charge is 2.26. The summed E-state index contributed by atoms with van der Waals surface area (Å²) >= 11 is 0. The number of anilines is 1. The molecule has 2 aromatic heterocycles. The van der Waals surface area contributed by atoms with Gasteiger partial charge in [-0.05, 0) is 42.7 Å². The molecule has 1 amide bonds. The van der Waals surface area contributed by atoms with E-state index in [2.05, 4.69) is 15.3 Å². The van der Waals surface area contributed by atoms with Crippen molar-refractivity contribution in [2.75, 3.05) is 12.8 Å². The Hall–Kier alpha value is -4.14. The molecule has 9 heteroatoms. The van der Waals surface area contributed by atoms with Gasteiger partial charge in [0.25, 0.3) is 5.91 Å². The predicted octanol–water partition coefficient (Wildman–Crippen LogP) is 3.22. The van der Waals surface area contributed by atoms with Gasteiger partial charge in [-0.3, -0.25) is 13.9 Å². The van der Waals surface area contributed by atoms with E-state index in [1.165, 1.54) is 13.4 Å². The van der Waals surface area contributed by atoms with E-state index in [9.17, 15) is 9.59 Å². The van der Waals surface area contributed by atoms with Gasteiger partial charge in [0.1, 0.15) is 17.6 Å². The van der Waals surface area contributed by atoms with Gasteiger partial charge in [-0.25, -0.2) is 14.8 Å². The molecule has 1 aliphatic rings. The quantitative estimate of drug-likeness (QED) is 0.458. The lowest BCUT2D eigenvalue weighted by Crippen LogP contribution is -2.26. The standard InChI is InChI=1S/C25H26N6O3/c1-34-20-9-5-4-8-19(20)24(32)27-14-16-10-12-18(13-11-16)30-21-22(26)28-15-29-23(21)31(25(30)33)17-6-2-3-7-17/h4-5,8-13,15,17H,2-3,6-7,14H2,1H3,(H,27,32)(H2,26,28,29). The maximum atomic E-state index is 13.5. The van der Waals surface area contributed by atoms with Crippen LogP contribution in [0.4, 0.5) is 5.82 Å². The number of benzene rings is 2. The molecule has 0 unspecified atom stereocenters. The minimum absolute atomic E-state index is 0.120. The minimum atomic E-state index is -0.220. The third-order valence-electron chi connectivity index (χ3n) is 6.37. The summed E-state index contributed by atoms with van der Waals surface area (Å²) in [5.41, 5.74) is 9.16. The lowest BCUT2D eigenvalue weighted by atomic mass is 10.1. The number of fused-ring (bicyclic) bond motifs is 1. The second-order valence-corrected chi connectivity index (χ2v) is 8.41. The zero-order chi connectivity index (χ0) is 23.7. The summed E-state index contributed by atoms with van der Waals surface area (Å²) in [5, 5.41) is 2.91. The van der Waals surface area contributed by atoms with Crippen molar-refractivity contribution in [2.24, 2.45) is 0 Å². The van der Waals surface area contributed by atoms with Gasteiger partial charge in [0.15, 0.2) is 11.5 Å². The van der Waals surface area contributed by atoms with Gasteiger partial charge in [0.2, 0.25) is 0 Å². The minimum Gasteiger partial charge on any atom is -0.496 e. The van der Waals surface area contributed by atoms with E-state index in [1.807, 2.05) is 30.3 Å². The number of methoxy groups -OCH3 is 1. The third kappa shape index (κ3) is 3.79. The van der Waals surface area contributed by atoms with Crippen LogP contribution in [0.2, 0.25) is 0 Å². The van der Waals surface area contributed by atoms with E-state index < -0.39 is 0 Å². The summed E-state index contributed by atoms with van der Waals surface area (Å²) in [6.07, 6.45) is 5.50. The summed E-state index contributed by atoms with van der Waals surface area (Å²) < 4.78 is 8.61. The van der Waals surface area contributed by atoms with Crippen LogP contribution in [0.5, 0.6) is 5.75 Å². The van der Waals surface area contributed by atoms with E-state index in [0.29, 0.717) is 34.7 Å². The Balaban J connectivity index is 1.43. The topological polar surface area (TPSA) is 117 Å². The molecule has 4 aromatic rings. The fourth-order valence-electron chi connectivity index (χ4n) is 4.67. The van der Waals surface area contributed by atoms with Gasteiger partial charge in [-0.2, -0.15) is 0 Å². The Bertz CT molecular complexity index is 1400. The Morgan fingerprint density at radius 1 is 1.12 bits per heavy atom. The largest absolute Gasteiger partial charge is 0.496 e. The predicted molar refractivity (Wildman–Crippen MR) is 129 cm³/mol. The number of amides is 1. The van der Waals surface area contributed by atoms with Crippen LogP contribution in [0.15, 0.2) is 59.7 Å². The Morgan fingerprint density at radius 3 is 2.59 bits per heavy atom. The molecule has 0 saturated heterocycles. The van der Waals surface area contributed by atoms with Crippen molar-refractivity contribution < 1.29 is 9.53 Å². The van der Waals surface area contributed by atoms with Crippen LogP contribution in [-0.2, 0) is 6.54 Å². The van der Waals surface area contributed by atoms with Crippen LogP contribution >= 0.6 is 0 Å². The Kier molecular flexibility index (Phi) is 5.75. The first kappa shape index (κ1) is 21.7. The molecular weight excluding hydrogens is 432 g/mol. The molecule has 0 bridgehead atoms. The van der Waals surface area contributed by atoms with Crippen molar-refractivity contribution in [3.05, 3.63) is 76.5 Å². The molecule has 1 fully saturated rings. The van der Waals surface area contributed by atoms with Gasteiger partial charge < -0.3 is 15.8 Å². The summed E-state index contributed by atoms with van der Waals surface area (Å²) in [4.78, 5) is 34.6. The summed E-state index contributed by atoms with van der Waals surface area (Å²) in [7, 11) is 1.54. The number of nitrogens with zero attached hydrogens (tertiary/aromatic N) is 4. The second kappa shape index (κ2) is 9.01. The van der Waals surface area contributed by atoms with Crippen molar-refractivity contribution in [3.63, 3.8) is 0 Å². The van der Waals surface area contributed by atoms with E-state index in [-0.39, 0.29) is 23.5 Å². The second-order valence-electron chi connectivity index (χ2n) is 8.41. The molecule has 0 spiro atoms. The van der Waals surface area contributed by atoms with Crippen molar-refractivity contribution in [1.29, 1.82) is 0 Å². The van der Waals surface area contributed by atoms with E-state index in [0.717, 1.165) is 31.2 Å². The van der Waals surface area contributed by atoms with Crippen LogP contribution in [0.1, 0.15) is 47.6 Å². The summed E-state index contributed by atoms with van der Waals surface area (Å²) in [6.45, 7) is 0.334. The fraction of sp³-hybridized carbons (Fsp3) is 0.280. The molecule has 2 heterocycles. The molecular formula is C25H26N6O3. The van der Waals surface area contributed by atoms with Crippen LogP contribution in [0.3, 0.4) is 0 Å². The first-order chi connectivity index (χ1) is 16.6. The average molecular weight is 459 g/mol. The number of hydrogen-bond donors (Lipinski definition) is 2. The van der Waals surface area contributed by atoms with Crippen molar-refractivity contribution >= 4 is 22.9 Å². The maximum Gasteiger partial charge on any atom is 0.335 e. The molecule has 2 aromatic carbocycles. The number of para-hydroxylation sites is 1. The number of carbonyl (C=O) groups is 1. The highest BCUT2D eigenvalue weighted by atomic mass is 16.5. The fourth-order valence-corrected chi connectivity index (χ4v) is 4.67. The van der Waals surface area contributed by atoms with Crippen LogP contribution < -0.4 is 21.5 Å². The maximum absolute atomic E-state index is 13.5. The van der Waals surface area contributed by atoms with Crippen LogP contribution in [0, 0.1) is 0 Å². The number of rotatable bonds is 6. The van der Waals surface area contributed by atoms with E-state index in [1.54, 1.807) is 27.3 Å². The Morgan fingerprint density at radius 2 is 1.85 bits per heavy atom. The number of nitrogens with two attached hydrogens (primary N) is 1. The number of ether oxygens (including phenoxy) is 1. The molecule has 34 heavy (non-hydrogen) atoms. The molecule has 5 rings (SSSR count). The SMILES string of the molecule is COc1ccccc1C(=O)NCc1ccc(-n2c(=O)n(C3CCCC3)c3ncnc(N)c32)cc1. The number of nitrogens with one attached hydrogen (secondary N) is 1. The first-order valence-corrected chi connectivity index (χ1v) is 11.3. The van der Waals surface area contributed by atoms with Crippen LogP contribution in [-0.4, -0.2) is 32.1 Å². The normalized spacial score (nSPS) is 13.9. The first-order valence-electron chi connectivity index (χ1n) is 11.3. The Labute approximate surface area is 196 Å². The zero-order valence-corrected chi connectivity index (χ0v) is 18.9.